The van der Waals surface area contributed by atoms with Crippen LogP contribution in [0.1, 0.15) is 56.9 Å². The zero-order chi connectivity index (χ0) is 33.5. The van der Waals surface area contributed by atoms with E-state index >= 15 is 4.39 Å². The zero-order valence-electron chi connectivity index (χ0n) is 27.6. The fraction of sp³-hybridized carbons (Fsp3) is 0.500. The second-order valence-corrected chi connectivity index (χ2v) is 13.9. The van der Waals surface area contributed by atoms with Crippen molar-refractivity contribution in [2.45, 2.75) is 63.5 Å². The van der Waals surface area contributed by atoms with Crippen LogP contribution in [0.3, 0.4) is 0 Å². The summed E-state index contributed by atoms with van der Waals surface area (Å²) in [6.07, 6.45) is 16.0. The second-order valence-electron chi connectivity index (χ2n) is 13.9. The molecule has 2 aromatic carbocycles. The van der Waals surface area contributed by atoms with E-state index in [-0.39, 0.29) is 44.9 Å². The van der Waals surface area contributed by atoms with E-state index in [0.29, 0.717) is 61.6 Å². The number of aromatic hydroxyl groups is 1. The lowest BCUT2D eigenvalue weighted by Gasteiger charge is -2.46. The van der Waals surface area contributed by atoms with Crippen molar-refractivity contribution in [3.63, 3.8) is 0 Å². The first-order valence-electron chi connectivity index (χ1n) is 17.5. The average molecular weight is 670 g/mol. The molecule has 11 heteroatoms. The highest BCUT2D eigenvalue weighted by Crippen LogP contribution is 2.48. The third-order valence-corrected chi connectivity index (χ3v) is 11.0. The molecule has 9 nitrogen and oxygen atoms in total. The van der Waals surface area contributed by atoms with Crippen LogP contribution in [0.25, 0.3) is 32.9 Å². The minimum absolute atomic E-state index is 0.0304. The molecule has 2 aromatic heterocycles. The molecule has 3 saturated heterocycles. The van der Waals surface area contributed by atoms with Gasteiger partial charge in [0.15, 0.2) is 5.82 Å². The van der Waals surface area contributed by atoms with Crippen molar-refractivity contribution in [3.8, 4) is 35.4 Å². The van der Waals surface area contributed by atoms with Crippen LogP contribution in [0.15, 0.2) is 30.5 Å². The van der Waals surface area contributed by atoms with E-state index in [4.69, 9.17) is 25.6 Å². The Labute approximate surface area is 284 Å². The van der Waals surface area contributed by atoms with Gasteiger partial charge in [0.05, 0.1) is 30.3 Å². The lowest BCUT2D eigenvalue weighted by atomic mass is 9.75. The zero-order valence-corrected chi connectivity index (χ0v) is 27.6. The Kier molecular flexibility index (Phi) is 8.72. The summed E-state index contributed by atoms with van der Waals surface area (Å²) in [6.45, 7) is 5.69. The first-order chi connectivity index (χ1) is 23.9. The van der Waals surface area contributed by atoms with Crippen LogP contribution in [0, 0.1) is 29.4 Å². The number of anilines is 1. The summed E-state index contributed by atoms with van der Waals surface area (Å²) in [6, 6.07) is 6.07. The molecule has 1 N–H and O–H groups in total. The summed E-state index contributed by atoms with van der Waals surface area (Å²) < 4.78 is 50.1. The molecular formula is C38H41F2N5O4. The number of halogens is 2. The molecule has 1 saturated carbocycles. The fourth-order valence-electron chi connectivity index (χ4n) is 8.71. The maximum Gasteiger partial charge on any atom is 0.319 e. The number of fused-ring (bicyclic) bond motifs is 3. The third kappa shape index (κ3) is 5.94. The van der Waals surface area contributed by atoms with Gasteiger partial charge in [-0.25, -0.2) is 8.78 Å². The summed E-state index contributed by atoms with van der Waals surface area (Å²) in [4.78, 5) is 18.8. The highest BCUT2D eigenvalue weighted by molar-refractivity contribution is 6.03. The van der Waals surface area contributed by atoms with Gasteiger partial charge in [0.1, 0.15) is 28.6 Å². The Morgan fingerprint density at radius 1 is 1.02 bits per heavy atom. The largest absolute Gasteiger partial charge is 0.508 e. The first-order valence-corrected chi connectivity index (χ1v) is 17.5. The van der Waals surface area contributed by atoms with Gasteiger partial charge in [-0.05, 0) is 75.1 Å². The normalized spacial score (nSPS) is 24.6. The smallest absolute Gasteiger partial charge is 0.319 e. The number of benzene rings is 2. The number of nitrogens with zero attached hydrogens (tertiary/aromatic N) is 5. The number of rotatable bonds is 7. The molecule has 0 radical (unpaired) electrons. The van der Waals surface area contributed by atoms with Crippen LogP contribution in [0.2, 0.25) is 0 Å². The lowest BCUT2D eigenvalue weighted by molar-refractivity contribution is -0.0252. The molecule has 4 aromatic rings. The molecule has 1 aliphatic carbocycles. The van der Waals surface area contributed by atoms with Gasteiger partial charge < -0.3 is 24.2 Å². The number of terminal acetylenes is 1. The predicted molar refractivity (Wildman–Crippen MR) is 183 cm³/mol. The van der Waals surface area contributed by atoms with Crippen molar-refractivity contribution in [3.05, 3.63) is 47.7 Å². The maximum atomic E-state index is 16.9. The van der Waals surface area contributed by atoms with E-state index in [1.807, 2.05) is 0 Å². The molecule has 0 amide bonds. The summed E-state index contributed by atoms with van der Waals surface area (Å²) in [5.74, 6) is 1.46. The molecule has 3 aliphatic heterocycles. The number of likely N-dealkylation sites (tertiary alicyclic amines) is 1. The summed E-state index contributed by atoms with van der Waals surface area (Å²) in [5, 5.41) is 11.8. The van der Waals surface area contributed by atoms with Gasteiger partial charge >= 0.3 is 6.01 Å². The van der Waals surface area contributed by atoms with E-state index in [1.54, 1.807) is 6.20 Å². The van der Waals surface area contributed by atoms with Crippen molar-refractivity contribution in [1.29, 1.82) is 0 Å². The highest BCUT2D eigenvalue weighted by Gasteiger charge is 2.49. The number of phenols is 1. The molecular weight excluding hydrogens is 628 g/mol. The van der Waals surface area contributed by atoms with Gasteiger partial charge in [-0.1, -0.05) is 18.4 Å². The molecule has 4 fully saturated rings. The standard InChI is InChI=1S/C38H41F2N5O4/c1-2-27-30(39)10-9-24-19-25(46)20-28(32(24)27)34-33(40)35-29(21-41-34)36(44-14-6-16-47-18-15-44)43-37(42-35)49-23-38-11-3-8-31(38)45(13-5-12-38)22-26-7-4-17-48-26/h1,9-10,19-21,26,31,46H,3-8,11-18,22-23H2/t26?,31-,38-/m1/s1. The van der Waals surface area contributed by atoms with Crippen LogP contribution < -0.4 is 9.64 Å². The van der Waals surface area contributed by atoms with Crippen molar-refractivity contribution in [2.75, 3.05) is 57.5 Å². The molecule has 49 heavy (non-hydrogen) atoms. The number of aromatic nitrogens is 3. The average Bonchev–Trinajstić information content (AvgIpc) is 3.71. The Morgan fingerprint density at radius 2 is 1.92 bits per heavy atom. The Balaban J connectivity index is 1.20. The number of ether oxygens (including phenoxy) is 3. The van der Waals surface area contributed by atoms with Gasteiger partial charge in [-0.2, -0.15) is 9.97 Å². The first kappa shape index (κ1) is 32.1. The second kappa shape index (κ2) is 13.3. The van der Waals surface area contributed by atoms with Gasteiger partial charge in [0, 0.05) is 61.5 Å². The Hall–Kier alpha value is -4.11. The molecule has 0 spiro atoms. The third-order valence-electron chi connectivity index (χ3n) is 11.0. The SMILES string of the molecule is C#Cc1c(F)ccc2cc(O)cc(-c3ncc4c(N5CCCOCC5)nc(OC[C@]56CCC[C@H]5N(CC5CCCO5)CCC6)nc4c3F)c12. The minimum atomic E-state index is -0.728. The van der Waals surface area contributed by atoms with Gasteiger partial charge in [0.25, 0.3) is 0 Å². The molecule has 256 valence electrons. The molecule has 5 heterocycles. The number of hydrogen-bond acceptors (Lipinski definition) is 9. The minimum Gasteiger partial charge on any atom is -0.508 e. The van der Waals surface area contributed by atoms with E-state index in [1.165, 1.54) is 24.3 Å². The van der Waals surface area contributed by atoms with Crippen LogP contribution in [-0.4, -0.2) is 89.7 Å². The highest BCUT2D eigenvalue weighted by atomic mass is 19.1. The van der Waals surface area contributed by atoms with E-state index in [9.17, 15) is 9.50 Å². The molecule has 3 atom stereocenters. The summed E-state index contributed by atoms with van der Waals surface area (Å²) >= 11 is 0. The van der Waals surface area contributed by atoms with Gasteiger partial charge in [0.2, 0.25) is 0 Å². The monoisotopic (exact) mass is 669 g/mol. The Bertz CT molecular complexity index is 1920. The maximum absolute atomic E-state index is 16.9. The van der Waals surface area contributed by atoms with Crippen molar-refractivity contribution in [1.82, 2.24) is 19.9 Å². The predicted octanol–water partition coefficient (Wildman–Crippen LogP) is 6.23. The number of pyridine rings is 1. The topological polar surface area (TPSA) is 93.1 Å². The van der Waals surface area contributed by atoms with Crippen LogP contribution in [-0.2, 0) is 9.47 Å². The summed E-state index contributed by atoms with van der Waals surface area (Å²) in [7, 11) is 0. The van der Waals surface area contributed by atoms with Crippen molar-refractivity contribution < 1.29 is 28.1 Å². The molecule has 1 unspecified atom stereocenters. The lowest BCUT2D eigenvalue weighted by Crippen LogP contribution is -2.53. The number of hydrogen-bond donors (Lipinski definition) is 1. The fourth-order valence-corrected chi connectivity index (χ4v) is 8.71. The van der Waals surface area contributed by atoms with Crippen LogP contribution in [0.5, 0.6) is 11.8 Å². The van der Waals surface area contributed by atoms with Gasteiger partial charge in [-0.15, -0.1) is 6.42 Å². The van der Waals surface area contributed by atoms with Crippen LogP contribution >= 0.6 is 0 Å². The van der Waals surface area contributed by atoms with Gasteiger partial charge in [-0.3, -0.25) is 9.88 Å². The van der Waals surface area contributed by atoms with Crippen LogP contribution in [0.4, 0.5) is 14.6 Å². The van der Waals surface area contributed by atoms with E-state index in [2.05, 4.69) is 25.7 Å². The Morgan fingerprint density at radius 3 is 2.78 bits per heavy atom. The number of phenolic OH excluding ortho intramolecular Hbond substituents is 1. The van der Waals surface area contributed by atoms with Crippen molar-refractivity contribution in [2.24, 2.45) is 5.41 Å². The van der Waals surface area contributed by atoms with E-state index < -0.39 is 11.6 Å². The van der Waals surface area contributed by atoms with Crippen molar-refractivity contribution >= 4 is 27.5 Å². The molecule has 0 bridgehead atoms. The molecule has 4 aliphatic rings. The van der Waals surface area contributed by atoms with E-state index in [0.717, 1.165) is 71.1 Å². The quantitative estimate of drug-likeness (QED) is 0.230. The number of piperidine rings is 1. The molecule has 8 rings (SSSR count). The summed E-state index contributed by atoms with van der Waals surface area (Å²) in [5.41, 5.74) is 0.0430.